The Morgan fingerprint density at radius 3 is 2.85 bits per heavy atom. The van der Waals surface area contributed by atoms with E-state index < -0.39 is 0 Å². The number of thiophene rings is 1. The van der Waals surface area contributed by atoms with E-state index in [9.17, 15) is 4.79 Å². The summed E-state index contributed by atoms with van der Waals surface area (Å²) in [5.41, 5.74) is 7.70. The molecule has 0 saturated carbocycles. The number of nitrogens with zero attached hydrogens (tertiary/aromatic N) is 1. The summed E-state index contributed by atoms with van der Waals surface area (Å²) in [6, 6.07) is 1.91. The molecule has 0 unspecified atom stereocenters. The first-order chi connectivity index (χ1) is 9.35. The molecule has 1 amide bonds. The number of nitrogen functional groups attached to an aromatic ring is 1. The topological polar surface area (TPSA) is 68.0 Å². The second-order valence-electron chi connectivity index (χ2n) is 5.30. The van der Waals surface area contributed by atoms with Crippen LogP contribution in [0.15, 0.2) is 12.3 Å². The van der Waals surface area contributed by atoms with Gasteiger partial charge in [-0.2, -0.15) is 11.8 Å². The fraction of sp³-hybridized carbons (Fsp3) is 0.429. The van der Waals surface area contributed by atoms with Gasteiger partial charge < -0.3 is 11.1 Å². The molecule has 0 aromatic carbocycles. The predicted molar refractivity (Wildman–Crippen MR) is 88.7 cm³/mol. The first-order valence-electron chi connectivity index (χ1n) is 6.32. The zero-order valence-electron chi connectivity index (χ0n) is 12.1. The summed E-state index contributed by atoms with van der Waals surface area (Å²) in [5.74, 6) is -0.118. The van der Waals surface area contributed by atoms with Crippen molar-refractivity contribution in [1.29, 1.82) is 0 Å². The lowest BCUT2D eigenvalue weighted by Gasteiger charge is -2.22. The molecule has 0 radical (unpaired) electrons. The fourth-order valence-electron chi connectivity index (χ4n) is 1.82. The van der Waals surface area contributed by atoms with Crippen LogP contribution in [0.1, 0.15) is 29.1 Å². The van der Waals surface area contributed by atoms with Crippen molar-refractivity contribution in [3.63, 3.8) is 0 Å². The number of nitrogens with two attached hydrogens (primary N) is 1. The number of hydrogen-bond acceptors (Lipinski definition) is 5. The Kier molecular flexibility index (Phi) is 4.25. The monoisotopic (exact) mass is 309 g/mol. The van der Waals surface area contributed by atoms with Gasteiger partial charge in [-0.3, -0.25) is 4.79 Å². The van der Waals surface area contributed by atoms with E-state index >= 15 is 0 Å². The summed E-state index contributed by atoms with van der Waals surface area (Å²) in [7, 11) is 0. The molecule has 0 atom stereocenters. The number of amides is 1. The molecular formula is C14H19N3OS2. The van der Waals surface area contributed by atoms with Crippen LogP contribution in [0.4, 0.5) is 5.69 Å². The molecular weight excluding hydrogens is 290 g/mol. The molecule has 0 bridgehead atoms. The smallest absolute Gasteiger partial charge is 0.263 e. The van der Waals surface area contributed by atoms with E-state index in [2.05, 4.69) is 24.1 Å². The Morgan fingerprint density at radius 1 is 1.55 bits per heavy atom. The lowest BCUT2D eigenvalue weighted by Crippen LogP contribution is -2.35. The highest BCUT2D eigenvalue weighted by Crippen LogP contribution is 2.34. The van der Waals surface area contributed by atoms with Gasteiger partial charge in [0.15, 0.2) is 0 Å². The summed E-state index contributed by atoms with van der Waals surface area (Å²) in [6.07, 6.45) is 3.78. The van der Waals surface area contributed by atoms with Crippen LogP contribution in [0.5, 0.6) is 0 Å². The lowest BCUT2D eigenvalue weighted by molar-refractivity contribution is 0.0955. The number of carbonyl (C=O) groups is 1. The zero-order chi connectivity index (χ0) is 14.9. The van der Waals surface area contributed by atoms with Crippen molar-refractivity contribution in [3.8, 4) is 0 Å². The second-order valence-corrected chi connectivity index (χ2v) is 7.81. The van der Waals surface area contributed by atoms with E-state index in [0.717, 1.165) is 15.8 Å². The van der Waals surface area contributed by atoms with Crippen LogP contribution in [0.2, 0.25) is 0 Å². The minimum atomic E-state index is -0.118. The van der Waals surface area contributed by atoms with Gasteiger partial charge in [-0.25, -0.2) is 4.98 Å². The Balaban J connectivity index is 2.27. The quantitative estimate of drug-likeness (QED) is 0.911. The van der Waals surface area contributed by atoms with Gasteiger partial charge in [0.25, 0.3) is 5.91 Å². The molecule has 108 valence electrons. The van der Waals surface area contributed by atoms with Gasteiger partial charge in [0.1, 0.15) is 9.71 Å². The molecule has 2 aromatic rings. The molecule has 2 heterocycles. The van der Waals surface area contributed by atoms with Crippen LogP contribution in [-0.2, 0) is 0 Å². The normalized spacial score (nSPS) is 11.8. The fourth-order valence-corrected chi connectivity index (χ4v) is 3.09. The summed E-state index contributed by atoms with van der Waals surface area (Å²) in [4.78, 5) is 17.9. The standard InChI is InChI=1S/C14H19N3OS2/c1-8-5-6-16-13-9(8)10(15)11(20-13)12(18)17-7-14(2,3)19-4/h5-6H,7,15H2,1-4H3,(H,17,18). The number of aromatic nitrogens is 1. The van der Waals surface area contributed by atoms with Gasteiger partial charge >= 0.3 is 0 Å². The van der Waals surface area contributed by atoms with Gasteiger partial charge in [-0.05, 0) is 38.7 Å². The van der Waals surface area contributed by atoms with E-state index in [4.69, 9.17) is 5.73 Å². The highest BCUT2D eigenvalue weighted by atomic mass is 32.2. The highest BCUT2D eigenvalue weighted by molar-refractivity contribution is 7.99. The maximum Gasteiger partial charge on any atom is 0.263 e. The average molecular weight is 309 g/mol. The number of anilines is 1. The Labute approximate surface area is 127 Å². The van der Waals surface area contributed by atoms with Crippen molar-refractivity contribution < 1.29 is 4.79 Å². The number of fused-ring (bicyclic) bond motifs is 1. The maximum absolute atomic E-state index is 12.3. The molecule has 0 aliphatic rings. The van der Waals surface area contributed by atoms with Crippen molar-refractivity contribution in [3.05, 3.63) is 22.7 Å². The van der Waals surface area contributed by atoms with Crippen LogP contribution in [0, 0.1) is 6.92 Å². The third-order valence-electron chi connectivity index (χ3n) is 3.27. The average Bonchev–Trinajstić information content (AvgIpc) is 2.75. The molecule has 4 nitrogen and oxygen atoms in total. The van der Waals surface area contributed by atoms with Crippen molar-refractivity contribution in [2.75, 3.05) is 18.5 Å². The van der Waals surface area contributed by atoms with Crippen molar-refractivity contribution >= 4 is 44.9 Å². The third-order valence-corrected chi connectivity index (χ3v) is 5.63. The van der Waals surface area contributed by atoms with Gasteiger partial charge in [-0.1, -0.05) is 0 Å². The van der Waals surface area contributed by atoms with Gasteiger partial charge in [-0.15, -0.1) is 11.3 Å². The first kappa shape index (κ1) is 15.1. The predicted octanol–water partition coefficient (Wildman–Crippen LogP) is 3.06. The molecule has 6 heteroatoms. The van der Waals surface area contributed by atoms with E-state index in [1.807, 2.05) is 19.2 Å². The third kappa shape index (κ3) is 2.91. The van der Waals surface area contributed by atoms with Crippen LogP contribution >= 0.6 is 23.1 Å². The largest absolute Gasteiger partial charge is 0.397 e. The summed E-state index contributed by atoms with van der Waals surface area (Å²) in [5, 5.41) is 3.85. The van der Waals surface area contributed by atoms with Crippen LogP contribution in [0.25, 0.3) is 10.2 Å². The summed E-state index contributed by atoms with van der Waals surface area (Å²) < 4.78 is 0.00920. The van der Waals surface area contributed by atoms with Crippen LogP contribution < -0.4 is 11.1 Å². The Morgan fingerprint density at radius 2 is 2.25 bits per heavy atom. The number of hydrogen-bond donors (Lipinski definition) is 2. The molecule has 3 N–H and O–H groups in total. The number of rotatable bonds is 4. The first-order valence-corrected chi connectivity index (χ1v) is 8.37. The van der Waals surface area contributed by atoms with Crippen molar-refractivity contribution in [2.24, 2.45) is 0 Å². The van der Waals surface area contributed by atoms with Gasteiger partial charge in [0, 0.05) is 22.9 Å². The Bertz CT molecular complexity index is 649. The minimum absolute atomic E-state index is 0.00920. The van der Waals surface area contributed by atoms with Gasteiger partial charge in [0.2, 0.25) is 0 Å². The number of pyridine rings is 1. The van der Waals surface area contributed by atoms with E-state index in [0.29, 0.717) is 17.1 Å². The second kappa shape index (κ2) is 5.61. The summed E-state index contributed by atoms with van der Waals surface area (Å²) >= 11 is 3.07. The SMILES string of the molecule is CSC(C)(C)CNC(=O)c1sc2nccc(C)c2c1N. The molecule has 0 fully saturated rings. The van der Waals surface area contributed by atoms with E-state index in [1.165, 1.54) is 11.3 Å². The number of nitrogens with one attached hydrogen (secondary N) is 1. The molecule has 0 spiro atoms. The number of aryl methyl sites for hydroxylation is 1. The van der Waals surface area contributed by atoms with Crippen LogP contribution in [-0.4, -0.2) is 28.4 Å². The van der Waals surface area contributed by atoms with Gasteiger partial charge in [0.05, 0.1) is 5.69 Å². The minimum Gasteiger partial charge on any atom is -0.397 e. The Hall–Kier alpha value is -1.27. The molecule has 0 saturated heterocycles. The van der Waals surface area contributed by atoms with Crippen molar-refractivity contribution in [2.45, 2.75) is 25.5 Å². The molecule has 20 heavy (non-hydrogen) atoms. The highest BCUT2D eigenvalue weighted by Gasteiger charge is 2.21. The maximum atomic E-state index is 12.3. The lowest BCUT2D eigenvalue weighted by atomic mass is 10.1. The van der Waals surface area contributed by atoms with Crippen LogP contribution in [0.3, 0.4) is 0 Å². The number of carbonyl (C=O) groups excluding carboxylic acids is 1. The molecule has 0 aliphatic heterocycles. The van der Waals surface area contributed by atoms with E-state index in [-0.39, 0.29) is 10.7 Å². The molecule has 0 aliphatic carbocycles. The van der Waals surface area contributed by atoms with E-state index in [1.54, 1.807) is 18.0 Å². The van der Waals surface area contributed by atoms with Crippen molar-refractivity contribution in [1.82, 2.24) is 10.3 Å². The number of thioether (sulfide) groups is 1. The zero-order valence-corrected chi connectivity index (χ0v) is 13.7. The summed E-state index contributed by atoms with van der Waals surface area (Å²) in [6.45, 7) is 6.77. The molecule has 2 rings (SSSR count). The molecule has 2 aromatic heterocycles.